The molecule has 0 aromatic rings. The van der Waals surface area contributed by atoms with Crippen molar-refractivity contribution in [3.8, 4) is 0 Å². The Balaban J connectivity index is 3.36. The lowest BCUT2D eigenvalue weighted by Gasteiger charge is -2.13. The summed E-state index contributed by atoms with van der Waals surface area (Å²) in [6.45, 7) is 0. The predicted octanol–water partition coefficient (Wildman–Crippen LogP) is -0.0550. The maximum atomic E-state index is 8.62. The second kappa shape index (κ2) is 2.23. The fraction of sp³-hybridized carbons (Fsp3) is 1.00. The molecule has 7 heavy (non-hydrogen) atoms. The first-order chi connectivity index (χ1) is 3.12. The lowest BCUT2D eigenvalue weighted by molar-refractivity contribution is -1.35. The lowest BCUT2D eigenvalue weighted by Crippen LogP contribution is -2.37. The van der Waals surface area contributed by atoms with Crippen LogP contribution in [0.5, 0.6) is 0 Å². The van der Waals surface area contributed by atoms with Crippen molar-refractivity contribution in [3.05, 3.63) is 0 Å². The highest BCUT2D eigenvalue weighted by Gasteiger charge is 2.15. The molecule has 0 atom stereocenters. The molecule has 0 heterocycles. The maximum Gasteiger partial charge on any atom is 0.168 e. The van der Waals surface area contributed by atoms with E-state index in [9.17, 15) is 0 Å². The van der Waals surface area contributed by atoms with Crippen LogP contribution in [0.4, 0.5) is 0 Å². The van der Waals surface area contributed by atoms with Crippen LogP contribution >= 0.6 is 0 Å². The van der Waals surface area contributed by atoms with E-state index in [0.29, 0.717) is 0 Å². The number of hydrogen-bond donors (Lipinski definition) is 1. The summed E-state index contributed by atoms with van der Waals surface area (Å²) in [6.07, 6.45) is 0. The van der Waals surface area contributed by atoms with Gasteiger partial charge in [-0.25, -0.2) is 0 Å². The summed E-state index contributed by atoms with van der Waals surface area (Å²) >= 11 is 0. The van der Waals surface area contributed by atoms with Crippen molar-refractivity contribution >= 4 is 0 Å². The first kappa shape index (κ1) is 6.84. The predicted molar refractivity (Wildman–Crippen MR) is 22.0 cm³/mol. The summed E-state index contributed by atoms with van der Waals surface area (Å²) in [5, 5.41) is 8.62. The number of quaternary nitrogens is 1. The van der Waals surface area contributed by atoms with Gasteiger partial charge in [-0.05, 0) is 0 Å². The molecule has 0 aliphatic rings. The Hall–Kier alpha value is -0.160. The Morgan fingerprint density at radius 3 is 1.57 bits per heavy atom. The molecule has 0 saturated heterocycles. The monoisotopic (exact) mass is 108 g/mol. The first-order valence-electron chi connectivity index (χ1n) is 1.83. The third-order valence-corrected chi connectivity index (χ3v) is 0.678. The van der Waals surface area contributed by atoms with Crippen LogP contribution in [0, 0.1) is 0 Å². The highest BCUT2D eigenvalue weighted by molar-refractivity contribution is 3.55. The Morgan fingerprint density at radius 1 is 1.29 bits per heavy atom. The van der Waals surface area contributed by atoms with Crippen molar-refractivity contribution in [1.29, 1.82) is 0 Å². The van der Waals surface area contributed by atoms with Gasteiger partial charge in [0.1, 0.15) is 14.2 Å². The van der Waals surface area contributed by atoms with Crippen molar-refractivity contribution in [2.75, 3.05) is 21.3 Å². The quantitative estimate of drug-likeness (QED) is 0.398. The normalized spacial score (nSPS) is 12.0. The molecule has 0 fully saturated rings. The van der Waals surface area contributed by atoms with Gasteiger partial charge >= 0.3 is 0 Å². The summed E-state index contributed by atoms with van der Waals surface area (Å²) in [4.78, 5) is 7.85. The Morgan fingerprint density at radius 2 is 1.57 bits per heavy atom. The van der Waals surface area contributed by atoms with Gasteiger partial charge in [0, 0.05) is 0 Å². The van der Waals surface area contributed by atoms with Gasteiger partial charge < -0.3 is 0 Å². The average molecular weight is 108 g/mol. The van der Waals surface area contributed by atoms with Crippen LogP contribution in [-0.2, 0) is 9.68 Å². The maximum absolute atomic E-state index is 8.62. The minimum Gasteiger partial charge on any atom is -0.146 e. The molecule has 0 unspecified atom stereocenters. The molecule has 0 radical (unpaired) electrons. The molecule has 0 rings (SSSR count). The number of hydrogen-bond acceptors (Lipinski definition) is 3. The molecule has 0 saturated carbocycles. The SMILES string of the molecule is CO[N+](C)(O)OC. The lowest BCUT2D eigenvalue weighted by atomic mass is 11.4. The molecule has 0 bridgehead atoms. The highest BCUT2D eigenvalue weighted by Crippen LogP contribution is 1.92. The first-order valence-corrected chi connectivity index (χ1v) is 1.83. The summed E-state index contributed by atoms with van der Waals surface area (Å²) in [5.74, 6) is 0. The van der Waals surface area contributed by atoms with Gasteiger partial charge in [0.2, 0.25) is 0 Å². The van der Waals surface area contributed by atoms with E-state index in [2.05, 4.69) is 9.68 Å². The molecule has 0 aromatic carbocycles. The van der Waals surface area contributed by atoms with Crippen molar-refractivity contribution in [2.45, 2.75) is 0 Å². The second-order valence-corrected chi connectivity index (χ2v) is 1.17. The van der Waals surface area contributed by atoms with Crippen molar-refractivity contribution in [1.82, 2.24) is 0 Å². The number of hydroxylamine groups is 3. The van der Waals surface area contributed by atoms with Gasteiger partial charge in [0.15, 0.2) is 7.05 Å². The zero-order valence-electron chi connectivity index (χ0n) is 4.71. The van der Waals surface area contributed by atoms with E-state index < -0.39 is 4.97 Å². The molecule has 0 aliphatic carbocycles. The van der Waals surface area contributed by atoms with Crippen molar-refractivity contribution < 1.29 is 19.9 Å². The number of rotatable bonds is 2. The summed E-state index contributed by atoms with van der Waals surface area (Å²) in [6, 6.07) is 0. The molecule has 0 aromatic heterocycles. The Kier molecular flexibility index (Phi) is 2.17. The van der Waals surface area contributed by atoms with Gasteiger partial charge in [-0.15, -0.1) is 14.9 Å². The zero-order valence-corrected chi connectivity index (χ0v) is 4.71. The third-order valence-electron chi connectivity index (χ3n) is 0.678. The summed E-state index contributed by atoms with van der Waals surface area (Å²) in [5.41, 5.74) is 0. The summed E-state index contributed by atoms with van der Waals surface area (Å²) < 4.78 is 0. The van der Waals surface area contributed by atoms with E-state index in [-0.39, 0.29) is 0 Å². The summed E-state index contributed by atoms with van der Waals surface area (Å²) in [7, 11) is 4.02. The van der Waals surface area contributed by atoms with Gasteiger partial charge in [-0.2, -0.15) is 0 Å². The largest absolute Gasteiger partial charge is 0.168 e. The van der Waals surface area contributed by atoms with E-state index in [4.69, 9.17) is 5.21 Å². The van der Waals surface area contributed by atoms with Crippen LogP contribution in [0.3, 0.4) is 0 Å². The third kappa shape index (κ3) is 2.52. The minimum absolute atomic E-state index is 0.861. The molecule has 0 amide bonds. The minimum atomic E-state index is -0.861. The Bertz CT molecular complexity index is 48.1. The molecule has 0 aliphatic heterocycles. The topological polar surface area (TPSA) is 38.7 Å². The number of nitrogens with zero attached hydrogens (tertiary/aromatic N) is 1. The van der Waals surface area contributed by atoms with Gasteiger partial charge in [0.25, 0.3) is 0 Å². The molecular formula is C3H10NO3+. The van der Waals surface area contributed by atoms with E-state index in [0.717, 1.165) is 0 Å². The highest BCUT2D eigenvalue weighted by atomic mass is 17.2. The van der Waals surface area contributed by atoms with E-state index in [1.807, 2.05) is 0 Å². The van der Waals surface area contributed by atoms with Crippen LogP contribution < -0.4 is 0 Å². The van der Waals surface area contributed by atoms with Crippen LogP contribution in [0.15, 0.2) is 0 Å². The van der Waals surface area contributed by atoms with Gasteiger partial charge in [0.05, 0.1) is 4.97 Å². The molecule has 1 N–H and O–H groups in total. The van der Waals surface area contributed by atoms with E-state index in [1.54, 1.807) is 0 Å². The van der Waals surface area contributed by atoms with Crippen LogP contribution in [0.2, 0.25) is 0 Å². The average Bonchev–Trinajstić information content (AvgIpc) is 1.68. The Labute approximate surface area is 42.3 Å². The fourth-order valence-corrected chi connectivity index (χ4v) is 0.0745. The van der Waals surface area contributed by atoms with Crippen LogP contribution in [0.1, 0.15) is 0 Å². The fourth-order valence-electron chi connectivity index (χ4n) is 0.0745. The van der Waals surface area contributed by atoms with Crippen LogP contribution in [-0.4, -0.2) is 31.4 Å². The van der Waals surface area contributed by atoms with Gasteiger partial charge in [-0.1, -0.05) is 0 Å². The molecule has 4 nitrogen and oxygen atoms in total. The zero-order chi connectivity index (χ0) is 5.91. The van der Waals surface area contributed by atoms with E-state index in [1.165, 1.54) is 21.3 Å². The van der Waals surface area contributed by atoms with Crippen molar-refractivity contribution in [2.24, 2.45) is 0 Å². The molecule has 4 heteroatoms. The molecule has 0 spiro atoms. The second-order valence-electron chi connectivity index (χ2n) is 1.17. The molecular weight excluding hydrogens is 98.0 g/mol. The van der Waals surface area contributed by atoms with Crippen molar-refractivity contribution in [3.63, 3.8) is 0 Å². The van der Waals surface area contributed by atoms with Gasteiger partial charge in [-0.3, -0.25) is 0 Å². The standard InChI is InChI=1S/C3H10NO3/c1-4(5,6-2)7-3/h5H,1-3H3/q+1. The smallest absolute Gasteiger partial charge is 0.146 e. The van der Waals surface area contributed by atoms with Crippen LogP contribution in [0.25, 0.3) is 0 Å². The molecule has 44 valence electrons. The van der Waals surface area contributed by atoms with E-state index >= 15 is 0 Å².